The van der Waals surface area contributed by atoms with Gasteiger partial charge in [0, 0.05) is 6.07 Å². The van der Waals surface area contributed by atoms with E-state index in [0.29, 0.717) is 12.4 Å². The monoisotopic (exact) mass is 278 g/mol. The number of ether oxygens (including phenoxy) is 1. The fourth-order valence-corrected chi connectivity index (χ4v) is 2.27. The zero-order valence-electron chi connectivity index (χ0n) is 10.1. The molecule has 0 aromatic heterocycles. The van der Waals surface area contributed by atoms with Gasteiger partial charge in [-0.3, -0.25) is 0 Å². The molecule has 100 valence electrons. The van der Waals surface area contributed by atoms with Crippen LogP contribution in [-0.4, -0.2) is 8.42 Å². The normalized spacial score (nSPS) is 11.2. The van der Waals surface area contributed by atoms with Crippen molar-refractivity contribution in [3.63, 3.8) is 0 Å². The Morgan fingerprint density at radius 3 is 2.37 bits per heavy atom. The Kier molecular flexibility index (Phi) is 3.73. The van der Waals surface area contributed by atoms with E-state index < -0.39 is 10.0 Å². The summed E-state index contributed by atoms with van der Waals surface area (Å²) in [5.41, 5.74) is 6.66. The van der Waals surface area contributed by atoms with Gasteiger partial charge in [0.25, 0.3) is 0 Å². The van der Waals surface area contributed by atoms with E-state index in [0.717, 1.165) is 5.56 Å². The molecule has 0 radical (unpaired) electrons. The zero-order valence-corrected chi connectivity index (χ0v) is 10.9. The fraction of sp³-hybridized carbons (Fsp3) is 0.0769. The van der Waals surface area contributed by atoms with Crippen molar-refractivity contribution in [2.45, 2.75) is 11.5 Å². The van der Waals surface area contributed by atoms with E-state index in [1.165, 1.54) is 12.1 Å². The summed E-state index contributed by atoms with van der Waals surface area (Å²) in [5.74, 6) is 0.405. The molecular formula is C13H14N2O3S. The maximum absolute atomic E-state index is 11.3. The van der Waals surface area contributed by atoms with Crippen molar-refractivity contribution in [3.05, 3.63) is 54.1 Å². The van der Waals surface area contributed by atoms with E-state index >= 15 is 0 Å². The number of hydrogen-bond donors (Lipinski definition) is 2. The van der Waals surface area contributed by atoms with Crippen molar-refractivity contribution in [2.24, 2.45) is 5.14 Å². The summed E-state index contributed by atoms with van der Waals surface area (Å²) in [6, 6.07) is 13.9. The molecule has 2 aromatic rings. The molecule has 0 heterocycles. The molecule has 2 aromatic carbocycles. The van der Waals surface area contributed by atoms with Crippen LogP contribution < -0.4 is 15.6 Å². The third-order valence-electron chi connectivity index (χ3n) is 2.54. The first kappa shape index (κ1) is 13.4. The summed E-state index contributed by atoms with van der Waals surface area (Å²) in [6.07, 6.45) is 0. The Balaban J connectivity index is 2.18. The number of hydrogen-bond acceptors (Lipinski definition) is 4. The standard InChI is InChI=1S/C13H14N2O3S/c14-12-7-6-11(8-13(12)19(15,16)17)18-9-10-4-2-1-3-5-10/h1-8H,9,14H2,(H2,15,16,17). The van der Waals surface area contributed by atoms with Crippen LogP contribution in [0.3, 0.4) is 0 Å². The van der Waals surface area contributed by atoms with Crippen LogP contribution in [0, 0.1) is 0 Å². The van der Waals surface area contributed by atoms with Gasteiger partial charge in [-0.15, -0.1) is 0 Å². The molecule has 0 aliphatic carbocycles. The van der Waals surface area contributed by atoms with Crippen molar-refractivity contribution >= 4 is 15.7 Å². The molecule has 0 aliphatic heterocycles. The minimum atomic E-state index is -3.84. The van der Waals surface area contributed by atoms with Crippen LogP contribution in [-0.2, 0) is 16.6 Å². The number of benzene rings is 2. The molecule has 19 heavy (non-hydrogen) atoms. The molecule has 0 spiro atoms. The fourth-order valence-electron chi connectivity index (χ4n) is 1.59. The van der Waals surface area contributed by atoms with E-state index in [1.54, 1.807) is 6.07 Å². The Labute approximate surface area is 111 Å². The van der Waals surface area contributed by atoms with Crippen LogP contribution in [0.1, 0.15) is 5.56 Å². The van der Waals surface area contributed by atoms with Gasteiger partial charge in [-0.2, -0.15) is 0 Å². The summed E-state index contributed by atoms with van der Waals surface area (Å²) in [5, 5.41) is 5.07. The van der Waals surface area contributed by atoms with Crippen molar-refractivity contribution < 1.29 is 13.2 Å². The van der Waals surface area contributed by atoms with Gasteiger partial charge in [0.05, 0.1) is 5.69 Å². The predicted molar refractivity (Wildman–Crippen MR) is 73.0 cm³/mol. The van der Waals surface area contributed by atoms with Gasteiger partial charge in [-0.1, -0.05) is 30.3 Å². The molecule has 2 rings (SSSR count). The summed E-state index contributed by atoms with van der Waals surface area (Å²) in [7, 11) is -3.84. The average molecular weight is 278 g/mol. The predicted octanol–water partition coefficient (Wildman–Crippen LogP) is 1.50. The number of sulfonamides is 1. The van der Waals surface area contributed by atoms with Gasteiger partial charge in [0.1, 0.15) is 17.3 Å². The van der Waals surface area contributed by atoms with E-state index in [-0.39, 0.29) is 10.6 Å². The molecule has 0 bridgehead atoms. The molecule has 0 aliphatic rings. The second-order valence-electron chi connectivity index (χ2n) is 4.02. The first-order chi connectivity index (χ1) is 8.97. The Bertz CT molecular complexity index is 670. The average Bonchev–Trinajstić information content (AvgIpc) is 2.37. The van der Waals surface area contributed by atoms with Gasteiger partial charge >= 0.3 is 0 Å². The first-order valence-electron chi connectivity index (χ1n) is 5.56. The number of nitrogens with two attached hydrogens (primary N) is 2. The van der Waals surface area contributed by atoms with E-state index in [1.807, 2.05) is 30.3 Å². The van der Waals surface area contributed by atoms with Crippen LogP contribution in [0.25, 0.3) is 0 Å². The largest absolute Gasteiger partial charge is 0.489 e. The lowest BCUT2D eigenvalue weighted by Gasteiger charge is -2.09. The summed E-state index contributed by atoms with van der Waals surface area (Å²) >= 11 is 0. The zero-order chi connectivity index (χ0) is 13.9. The maximum Gasteiger partial charge on any atom is 0.240 e. The Hall–Kier alpha value is -2.05. The highest BCUT2D eigenvalue weighted by atomic mass is 32.2. The van der Waals surface area contributed by atoms with Crippen molar-refractivity contribution in [1.82, 2.24) is 0 Å². The van der Waals surface area contributed by atoms with Crippen LogP contribution in [0.5, 0.6) is 5.75 Å². The minimum Gasteiger partial charge on any atom is -0.489 e. The lowest BCUT2D eigenvalue weighted by molar-refractivity contribution is 0.305. The highest BCUT2D eigenvalue weighted by Crippen LogP contribution is 2.23. The topological polar surface area (TPSA) is 95.4 Å². The third kappa shape index (κ3) is 3.46. The molecule has 0 atom stereocenters. The van der Waals surface area contributed by atoms with Gasteiger partial charge in [-0.25, -0.2) is 13.6 Å². The van der Waals surface area contributed by atoms with Crippen molar-refractivity contribution in [1.29, 1.82) is 0 Å². The van der Waals surface area contributed by atoms with E-state index in [2.05, 4.69) is 0 Å². The minimum absolute atomic E-state index is 0.106. The second kappa shape index (κ2) is 5.29. The van der Waals surface area contributed by atoms with Gasteiger partial charge in [0.15, 0.2) is 0 Å². The molecule has 0 saturated heterocycles. The van der Waals surface area contributed by atoms with Crippen LogP contribution in [0.2, 0.25) is 0 Å². The first-order valence-corrected chi connectivity index (χ1v) is 7.10. The number of anilines is 1. The van der Waals surface area contributed by atoms with Crippen LogP contribution in [0.15, 0.2) is 53.4 Å². The van der Waals surface area contributed by atoms with Crippen molar-refractivity contribution in [3.8, 4) is 5.75 Å². The summed E-state index contributed by atoms with van der Waals surface area (Å²) in [4.78, 5) is -0.127. The molecule has 4 N–H and O–H groups in total. The van der Waals surface area contributed by atoms with Gasteiger partial charge in [-0.05, 0) is 17.7 Å². The molecule has 5 nitrogen and oxygen atoms in total. The second-order valence-corrected chi connectivity index (χ2v) is 5.55. The SMILES string of the molecule is Nc1ccc(OCc2ccccc2)cc1S(N)(=O)=O. The number of primary sulfonamides is 1. The summed E-state index contributed by atoms with van der Waals surface area (Å²) < 4.78 is 28.2. The quantitative estimate of drug-likeness (QED) is 0.828. The molecular weight excluding hydrogens is 264 g/mol. The van der Waals surface area contributed by atoms with Crippen LogP contribution >= 0.6 is 0 Å². The number of nitrogen functional groups attached to an aromatic ring is 1. The molecule has 0 unspecified atom stereocenters. The van der Waals surface area contributed by atoms with E-state index in [9.17, 15) is 8.42 Å². The lowest BCUT2D eigenvalue weighted by Crippen LogP contribution is -2.14. The smallest absolute Gasteiger partial charge is 0.240 e. The highest BCUT2D eigenvalue weighted by molar-refractivity contribution is 7.89. The lowest BCUT2D eigenvalue weighted by atomic mass is 10.2. The molecule has 6 heteroatoms. The Morgan fingerprint density at radius 1 is 1.05 bits per heavy atom. The molecule has 0 fully saturated rings. The van der Waals surface area contributed by atoms with Crippen molar-refractivity contribution in [2.75, 3.05) is 5.73 Å². The maximum atomic E-state index is 11.3. The summed E-state index contributed by atoms with van der Waals surface area (Å²) in [6.45, 7) is 0.342. The molecule has 0 saturated carbocycles. The molecule has 0 amide bonds. The Morgan fingerprint density at radius 2 is 1.74 bits per heavy atom. The van der Waals surface area contributed by atoms with Gasteiger partial charge in [0.2, 0.25) is 10.0 Å². The third-order valence-corrected chi connectivity index (χ3v) is 3.51. The van der Waals surface area contributed by atoms with Crippen LogP contribution in [0.4, 0.5) is 5.69 Å². The van der Waals surface area contributed by atoms with Gasteiger partial charge < -0.3 is 10.5 Å². The highest BCUT2D eigenvalue weighted by Gasteiger charge is 2.13. The number of rotatable bonds is 4. The van der Waals surface area contributed by atoms with E-state index in [4.69, 9.17) is 15.6 Å².